The maximum atomic E-state index is 13.4. The third kappa shape index (κ3) is 7.37. The molecule has 1 aliphatic carbocycles. The van der Waals surface area contributed by atoms with Gasteiger partial charge in [-0.3, -0.25) is 14.6 Å². The van der Waals surface area contributed by atoms with Crippen molar-refractivity contribution in [3.63, 3.8) is 0 Å². The predicted molar refractivity (Wildman–Crippen MR) is 132 cm³/mol. The average Bonchev–Trinajstić information content (AvgIpc) is 3.30. The Morgan fingerprint density at radius 2 is 1.86 bits per heavy atom. The zero-order chi connectivity index (χ0) is 26.8. The summed E-state index contributed by atoms with van der Waals surface area (Å²) in [5.41, 5.74) is -0.647. The van der Waals surface area contributed by atoms with Gasteiger partial charge in [-0.1, -0.05) is 32.0 Å². The largest absolute Gasteiger partial charge is 0.444 e. The summed E-state index contributed by atoms with van der Waals surface area (Å²) in [6.45, 7) is 11.4. The highest BCUT2D eigenvalue weighted by molar-refractivity contribution is 5.86. The molecule has 0 unspecified atom stereocenters. The van der Waals surface area contributed by atoms with Crippen molar-refractivity contribution in [1.82, 2.24) is 15.1 Å². The number of benzene rings is 1. The van der Waals surface area contributed by atoms with Crippen LogP contribution in [0.2, 0.25) is 0 Å². The van der Waals surface area contributed by atoms with Crippen LogP contribution in [0.4, 0.5) is 18.0 Å². The van der Waals surface area contributed by atoms with E-state index in [1.165, 1.54) is 17.0 Å². The molecule has 0 radical (unpaired) electrons. The Kier molecular flexibility index (Phi) is 8.63. The SMILES string of the molecule is CC(C)C[C@H](C(=O)N[C@H]1CC[C@H]2CN(Cc3cccc(C(F)(F)F)c3)C[C@H]21)N(C)C(=O)OC(C)(C)C. The molecule has 6 nitrogen and oxygen atoms in total. The van der Waals surface area contributed by atoms with Crippen LogP contribution in [0.5, 0.6) is 0 Å². The van der Waals surface area contributed by atoms with E-state index in [1.54, 1.807) is 33.9 Å². The van der Waals surface area contributed by atoms with Gasteiger partial charge >= 0.3 is 12.3 Å². The minimum atomic E-state index is -4.36. The topological polar surface area (TPSA) is 61.9 Å². The molecule has 1 saturated carbocycles. The van der Waals surface area contributed by atoms with Gasteiger partial charge in [0, 0.05) is 32.7 Å². The standard InChI is InChI=1S/C27H40F3N3O3/c1-17(2)12-23(32(6)25(35)36-26(3,4)5)24(34)31-22-11-10-19-15-33(16-21(19)22)14-18-8-7-9-20(13-18)27(28,29)30/h7-9,13,17,19,21-23H,10-12,14-16H2,1-6H3,(H,31,34)/t19-,21+,22-,23+/m0/s1. The zero-order valence-corrected chi connectivity index (χ0v) is 22.2. The zero-order valence-electron chi connectivity index (χ0n) is 22.2. The molecule has 3 rings (SSSR count). The minimum Gasteiger partial charge on any atom is -0.444 e. The number of nitrogens with one attached hydrogen (secondary N) is 1. The number of rotatable bonds is 7. The number of alkyl halides is 3. The summed E-state index contributed by atoms with van der Waals surface area (Å²) < 4.78 is 44.7. The van der Waals surface area contributed by atoms with Crippen LogP contribution in [0.25, 0.3) is 0 Å². The summed E-state index contributed by atoms with van der Waals surface area (Å²) in [4.78, 5) is 29.6. The van der Waals surface area contributed by atoms with Crippen molar-refractivity contribution in [2.24, 2.45) is 17.8 Å². The fourth-order valence-corrected chi connectivity index (χ4v) is 5.40. The molecule has 36 heavy (non-hydrogen) atoms. The lowest BCUT2D eigenvalue weighted by molar-refractivity contribution is -0.137. The third-order valence-corrected chi connectivity index (χ3v) is 7.07. The first kappa shape index (κ1) is 28.3. The molecular weight excluding hydrogens is 471 g/mol. The molecule has 1 aromatic carbocycles. The molecule has 1 aliphatic heterocycles. The monoisotopic (exact) mass is 511 g/mol. The summed E-state index contributed by atoms with van der Waals surface area (Å²) in [5, 5.41) is 3.20. The van der Waals surface area contributed by atoms with Crippen LogP contribution in [0.3, 0.4) is 0 Å². The smallest absolute Gasteiger partial charge is 0.416 e. The molecule has 1 saturated heterocycles. The van der Waals surface area contributed by atoms with E-state index >= 15 is 0 Å². The highest BCUT2D eigenvalue weighted by atomic mass is 19.4. The number of halogens is 3. The van der Waals surface area contributed by atoms with Gasteiger partial charge in [0.25, 0.3) is 0 Å². The third-order valence-electron chi connectivity index (χ3n) is 7.07. The van der Waals surface area contributed by atoms with Gasteiger partial charge in [-0.2, -0.15) is 13.2 Å². The number of likely N-dealkylation sites (tertiary alicyclic amines) is 1. The second-order valence-electron chi connectivity index (χ2n) is 11.7. The molecule has 202 valence electrons. The number of carbonyl (C=O) groups is 2. The molecule has 2 fully saturated rings. The Hall–Kier alpha value is -2.29. The molecule has 1 heterocycles. The predicted octanol–water partition coefficient (Wildman–Crippen LogP) is 5.31. The van der Waals surface area contributed by atoms with Crippen molar-refractivity contribution in [2.75, 3.05) is 20.1 Å². The van der Waals surface area contributed by atoms with E-state index in [4.69, 9.17) is 4.74 Å². The van der Waals surface area contributed by atoms with E-state index in [9.17, 15) is 22.8 Å². The number of hydrogen-bond acceptors (Lipinski definition) is 4. The number of hydrogen-bond donors (Lipinski definition) is 1. The molecule has 1 aromatic rings. The van der Waals surface area contributed by atoms with Gasteiger partial charge in [0.2, 0.25) is 5.91 Å². The van der Waals surface area contributed by atoms with E-state index in [1.807, 2.05) is 13.8 Å². The van der Waals surface area contributed by atoms with Crippen molar-refractivity contribution in [2.45, 2.75) is 84.3 Å². The summed E-state index contributed by atoms with van der Waals surface area (Å²) in [5.74, 6) is 0.662. The highest BCUT2D eigenvalue weighted by Gasteiger charge is 2.44. The summed E-state index contributed by atoms with van der Waals surface area (Å²) in [6.07, 6.45) is -2.54. The Labute approximate surface area is 212 Å². The molecular formula is C27H40F3N3O3. The second-order valence-corrected chi connectivity index (χ2v) is 11.7. The number of carbonyl (C=O) groups excluding carboxylic acids is 2. The van der Waals surface area contributed by atoms with Gasteiger partial charge in [0.1, 0.15) is 11.6 Å². The normalized spacial score (nSPS) is 23.4. The molecule has 4 atom stereocenters. The second kappa shape index (κ2) is 11.0. The van der Waals surface area contributed by atoms with Crippen LogP contribution in [-0.4, -0.2) is 59.6 Å². The quantitative estimate of drug-likeness (QED) is 0.539. The van der Waals surface area contributed by atoms with Gasteiger partial charge in [0.05, 0.1) is 5.56 Å². The van der Waals surface area contributed by atoms with Crippen LogP contribution in [-0.2, 0) is 22.3 Å². The lowest BCUT2D eigenvalue weighted by Crippen LogP contribution is -2.52. The lowest BCUT2D eigenvalue weighted by atomic mass is 9.96. The Morgan fingerprint density at radius 1 is 1.17 bits per heavy atom. The van der Waals surface area contributed by atoms with Crippen LogP contribution >= 0.6 is 0 Å². The Morgan fingerprint density at radius 3 is 2.47 bits per heavy atom. The number of amides is 2. The van der Waals surface area contributed by atoms with Gasteiger partial charge in [0.15, 0.2) is 0 Å². The van der Waals surface area contributed by atoms with Crippen molar-refractivity contribution < 1.29 is 27.5 Å². The molecule has 0 bridgehead atoms. The maximum absolute atomic E-state index is 13.4. The van der Waals surface area contributed by atoms with Crippen molar-refractivity contribution in [1.29, 1.82) is 0 Å². The lowest BCUT2D eigenvalue weighted by Gasteiger charge is -2.32. The first-order valence-corrected chi connectivity index (χ1v) is 12.8. The van der Waals surface area contributed by atoms with Gasteiger partial charge in [-0.15, -0.1) is 0 Å². The van der Waals surface area contributed by atoms with Crippen molar-refractivity contribution in [3.05, 3.63) is 35.4 Å². The number of fused-ring (bicyclic) bond motifs is 1. The van der Waals surface area contributed by atoms with E-state index in [0.717, 1.165) is 32.0 Å². The van der Waals surface area contributed by atoms with Crippen molar-refractivity contribution in [3.8, 4) is 0 Å². The van der Waals surface area contributed by atoms with E-state index in [2.05, 4.69) is 10.2 Å². The van der Waals surface area contributed by atoms with Crippen molar-refractivity contribution >= 4 is 12.0 Å². The fraction of sp³-hybridized carbons (Fsp3) is 0.704. The van der Waals surface area contributed by atoms with E-state index in [0.29, 0.717) is 24.4 Å². The van der Waals surface area contributed by atoms with Crippen LogP contribution in [0, 0.1) is 17.8 Å². The molecule has 2 aliphatic rings. The van der Waals surface area contributed by atoms with Gasteiger partial charge < -0.3 is 10.1 Å². The number of nitrogens with zero attached hydrogens (tertiary/aromatic N) is 2. The van der Waals surface area contributed by atoms with Crippen LogP contribution in [0.1, 0.15) is 65.0 Å². The molecule has 9 heteroatoms. The molecule has 2 amide bonds. The van der Waals surface area contributed by atoms with Crippen LogP contribution in [0.15, 0.2) is 24.3 Å². The summed E-state index contributed by atoms with van der Waals surface area (Å²) >= 11 is 0. The van der Waals surface area contributed by atoms with E-state index in [-0.39, 0.29) is 23.8 Å². The Bertz CT molecular complexity index is 929. The summed E-state index contributed by atoms with van der Waals surface area (Å²) in [7, 11) is 1.60. The Balaban J connectivity index is 1.63. The first-order valence-electron chi connectivity index (χ1n) is 12.8. The average molecular weight is 512 g/mol. The highest BCUT2D eigenvalue weighted by Crippen LogP contribution is 2.39. The van der Waals surface area contributed by atoms with Crippen LogP contribution < -0.4 is 5.32 Å². The molecule has 1 N–H and O–H groups in total. The minimum absolute atomic E-state index is 0.0179. The first-order chi connectivity index (χ1) is 16.6. The molecule has 0 aromatic heterocycles. The number of likely N-dealkylation sites (N-methyl/N-ethyl adjacent to an activating group) is 1. The van der Waals surface area contributed by atoms with E-state index < -0.39 is 29.5 Å². The number of ether oxygens (including phenoxy) is 1. The fourth-order valence-electron chi connectivity index (χ4n) is 5.40. The van der Waals surface area contributed by atoms with Gasteiger partial charge in [-0.25, -0.2) is 4.79 Å². The summed E-state index contributed by atoms with van der Waals surface area (Å²) in [6, 6.07) is 4.84. The van der Waals surface area contributed by atoms with Gasteiger partial charge in [-0.05, 0) is 69.4 Å². The maximum Gasteiger partial charge on any atom is 0.416 e. The molecule has 0 spiro atoms.